The van der Waals surface area contributed by atoms with Crippen LogP contribution in [0.2, 0.25) is 5.02 Å². The third-order valence-electron chi connectivity index (χ3n) is 5.90. The van der Waals surface area contributed by atoms with Crippen LogP contribution >= 0.6 is 11.6 Å². The predicted octanol–water partition coefficient (Wildman–Crippen LogP) is 4.44. The monoisotopic (exact) mass is 505 g/mol. The molecule has 2 atom stereocenters. The SMILES string of the molecule is CC(NC(=O)c1ccc(C(=O)N[C@@H](Cc2c[nH]c3ccccc23)C(=O)O)c(Cl)c1)c1cccc(O)c1. The Morgan fingerprint density at radius 3 is 2.47 bits per heavy atom. The number of hydrogen-bond donors (Lipinski definition) is 5. The number of carbonyl (C=O) groups excluding carboxylic acids is 2. The first-order valence-corrected chi connectivity index (χ1v) is 11.6. The highest BCUT2D eigenvalue weighted by molar-refractivity contribution is 6.34. The Labute approximate surface area is 211 Å². The first-order valence-electron chi connectivity index (χ1n) is 11.2. The number of carbonyl (C=O) groups is 3. The predicted molar refractivity (Wildman–Crippen MR) is 136 cm³/mol. The molecule has 0 aliphatic rings. The molecule has 5 N–H and O–H groups in total. The van der Waals surface area contributed by atoms with Crippen molar-refractivity contribution in [3.05, 3.63) is 100 Å². The lowest BCUT2D eigenvalue weighted by atomic mass is 10.0. The average molecular weight is 506 g/mol. The molecule has 2 amide bonds. The maximum atomic E-state index is 12.9. The summed E-state index contributed by atoms with van der Waals surface area (Å²) < 4.78 is 0. The van der Waals surface area contributed by atoms with Gasteiger partial charge in [0.2, 0.25) is 0 Å². The van der Waals surface area contributed by atoms with E-state index in [2.05, 4.69) is 15.6 Å². The van der Waals surface area contributed by atoms with Gasteiger partial charge in [-0.05, 0) is 54.4 Å². The van der Waals surface area contributed by atoms with Gasteiger partial charge in [-0.25, -0.2) is 4.79 Å². The number of hydrogen-bond acceptors (Lipinski definition) is 4. The van der Waals surface area contributed by atoms with Crippen LogP contribution in [0, 0.1) is 0 Å². The molecule has 184 valence electrons. The van der Waals surface area contributed by atoms with E-state index < -0.39 is 23.8 Å². The zero-order valence-electron chi connectivity index (χ0n) is 19.3. The van der Waals surface area contributed by atoms with Crippen LogP contribution < -0.4 is 10.6 Å². The molecule has 4 aromatic rings. The standard InChI is InChI=1S/C27H24ClN3O5/c1-15(16-5-4-6-19(32)11-16)30-25(33)17-9-10-21(22(28)12-17)26(34)31-24(27(35)36)13-18-14-29-23-8-3-2-7-20(18)23/h2-12,14-15,24,29,32H,13H2,1H3,(H,30,33)(H,31,34)(H,35,36)/t15?,24-/m0/s1. The smallest absolute Gasteiger partial charge is 0.326 e. The van der Waals surface area contributed by atoms with Gasteiger partial charge in [-0.15, -0.1) is 0 Å². The number of nitrogens with one attached hydrogen (secondary N) is 3. The van der Waals surface area contributed by atoms with Crippen LogP contribution in [0.1, 0.15) is 44.8 Å². The number of phenols is 1. The Kier molecular flexibility index (Phi) is 7.26. The molecule has 36 heavy (non-hydrogen) atoms. The Balaban J connectivity index is 1.45. The molecule has 0 radical (unpaired) electrons. The zero-order valence-corrected chi connectivity index (χ0v) is 20.0. The van der Waals surface area contributed by atoms with Gasteiger partial charge >= 0.3 is 5.97 Å². The van der Waals surface area contributed by atoms with Crippen molar-refractivity contribution in [2.75, 3.05) is 0 Å². The number of rotatable bonds is 8. The number of benzene rings is 3. The second-order valence-electron chi connectivity index (χ2n) is 8.41. The van der Waals surface area contributed by atoms with E-state index >= 15 is 0 Å². The molecule has 0 saturated heterocycles. The molecule has 0 aliphatic heterocycles. The van der Waals surface area contributed by atoms with Crippen LogP contribution in [0.15, 0.2) is 72.9 Å². The highest BCUT2D eigenvalue weighted by Gasteiger charge is 2.24. The van der Waals surface area contributed by atoms with Crippen LogP contribution in [-0.4, -0.2) is 39.0 Å². The molecule has 1 aromatic heterocycles. The van der Waals surface area contributed by atoms with Gasteiger partial charge < -0.3 is 25.8 Å². The number of fused-ring (bicyclic) bond motifs is 1. The fraction of sp³-hybridized carbons (Fsp3) is 0.148. The van der Waals surface area contributed by atoms with E-state index in [1.165, 1.54) is 24.3 Å². The number of halogens is 1. The van der Waals surface area contributed by atoms with Gasteiger partial charge in [0.25, 0.3) is 11.8 Å². The third kappa shape index (κ3) is 5.50. The highest BCUT2D eigenvalue weighted by Crippen LogP contribution is 2.22. The molecule has 0 bridgehead atoms. The lowest BCUT2D eigenvalue weighted by Crippen LogP contribution is -2.42. The summed E-state index contributed by atoms with van der Waals surface area (Å²) in [7, 11) is 0. The number of phenolic OH excluding ortho intramolecular Hbond substituents is 1. The van der Waals surface area contributed by atoms with Crippen molar-refractivity contribution in [3.8, 4) is 5.75 Å². The highest BCUT2D eigenvalue weighted by atomic mass is 35.5. The molecule has 0 fully saturated rings. The Bertz CT molecular complexity index is 1450. The fourth-order valence-electron chi connectivity index (χ4n) is 3.95. The van der Waals surface area contributed by atoms with Crippen molar-refractivity contribution in [3.63, 3.8) is 0 Å². The second-order valence-corrected chi connectivity index (χ2v) is 8.82. The van der Waals surface area contributed by atoms with Gasteiger partial charge in [-0.2, -0.15) is 0 Å². The second kappa shape index (κ2) is 10.5. The van der Waals surface area contributed by atoms with Gasteiger partial charge in [0.15, 0.2) is 0 Å². The fourth-order valence-corrected chi connectivity index (χ4v) is 4.22. The summed E-state index contributed by atoms with van der Waals surface area (Å²) in [4.78, 5) is 40.5. The molecule has 0 saturated carbocycles. The largest absolute Gasteiger partial charge is 0.508 e. The maximum absolute atomic E-state index is 12.9. The van der Waals surface area contributed by atoms with Crippen molar-refractivity contribution in [1.29, 1.82) is 0 Å². The number of H-pyrrole nitrogens is 1. The van der Waals surface area contributed by atoms with Crippen LogP contribution in [0.4, 0.5) is 0 Å². The molecule has 8 nitrogen and oxygen atoms in total. The number of carboxylic acids is 1. The molecule has 9 heteroatoms. The lowest BCUT2D eigenvalue weighted by molar-refractivity contribution is -0.139. The normalized spacial score (nSPS) is 12.6. The van der Waals surface area contributed by atoms with Crippen LogP contribution in [0.5, 0.6) is 5.75 Å². The summed E-state index contributed by atoms with van der Waals surface area (Å²) in [6, 6.07) is 16.7. The molecule has 3 aromatic carbocycles. The number of carboxylic acid groups (broad SMARTS) is 1. The molecular weight excluding hydrogens is 482 g/mol. The van der Waals surface area contributed by atoms with E-state index in [-0.39, 0.29) is 34.4 Å². The molecule has 4 rings (SSSR count). The van der Waals surface area contributed by atoms with Gasteiger partial charge in [0, 0.05) is 29.1 Å². The van der Waals surface area contributed by atoms with E-state index in [9.17, 15) is 24.6 Å². The number of aromatic hydroxyl groups is 1. The van der Waals surface area contributed by atoms with E-state index in [4.69, 9.17) is 11.6 Å². The third-order valence-corrected chi connectivity index (χ3v) is 6.21. The maximum Gasteiger partial charge on any atom is 0.326 e. The zero-order chi connectivity index (χ0) is 25.8. The minimum absolute atomic E-state index is 0.0152. The van der Waals surface area contributed by atoms with Gasteiger partial charge in [0.1, 0.15) is 11.8 Å². The number of aromatic amines is 1. The summed E-state index contributed by atoms with van der Waals surface area (Å²) >= 11 is 6.30. The van der Waals surface area contributed by atoms with Gasteiger partial charge in [-0.3, -0.25) is 9.59 Å². The number of aromatic nitrogens is 1. The summed E-state index contributed by atoms with van der Waals surface area (Å²) in [6.07, 6.45) is 1.81. The Hall–Kier alpha value is -4.30. The van der Waals surface area contributed by atoms with Crippen molar-refractivity contribution < 1.29 is 24.6 Å². The number of aliphatic carboxylic acids is 1. The van der Waals surface area contributed by atoms with Crippen LogP contribution in [0.3, 0.4) is 0 Å². The summed E-state index contributed by atoms with van der Waals surface area (Å²) in [5.41, 5.74) is 2.65. The van der Waals surface area contributed by atoms with E-state index in [1.807, 2.05) is 24.3 Å². The summed E-state index contributed by atoms with van der Waals surface area (Å²) in [6.45, 7) is 1.77. The summed E-state index contributed by atoms with van der Waals surface area (Å²) in [5, 5.41) is 25.6. The van der Waals surface area contributed by atoms with Crippen molar-refractivity contribution in [2.24, 2.45) is 0 Å². The van der Waals surface area contributed by atoms with E-state index in [0.717, 1.165) is 22.0 Å². The minimum atomic E-state index is -1.18. The van der Waals surface area contributed by atoms with Gasteiger partial charge in [0.05, 0.1) is 16.6 Å². The first-order chi connectivity index (χ1) is 17.2. The van der Waals surface area contributed by atoms with Crippen LogP contribution in [-0.2, 0) is 11.2 Å². The molecule has 0 spiro atoms. The molecular formula is C27H24ClN3O5. The number of amides is 2. The Morgan fingerprint density at radius 1 is 0.972 bits per heavy atom. The topological polar surface area (TPSA) is 132 Å². The molecule has 1 unspecified atom stereocenters. The van der Waals surface area contributed by atoms with Crippen LogP contribution in [0.25, 0.3) is 10.9 Å². The van der Waals surface area contributed by atoms with Gasteiger partial charge in [-0.1, -0.05) is 41.9 Å². The van der Waals surface area contributed by atoms with Crippen molar-refractivity contribution in [1.82, 2.24) is 15.6 Å². The van der Waals surface area contributed by atoms with Crippen molar-refractivity contribution >= 4 is 40.3 Å². The summed E-state index contributed by atoms with van der Waals surface area (Å²) in [5.74, 6) is -2.16. The van der Waals surface area contributed by atoms with E-state index in [1.54, 1.807) is 31.3 Å². The minimum Gasteiger partial charge on any atom is -0.508 e. The van der Waals surface area contributed by atoms with E-state index in [0.29, 0.717) is 0 Å². The number of para-hydroxylation sites is 1. The average Bonchev–Trinajstić information content (AvgIpc) is 3.26. The lowest BCUT2D eigenvalue weighted by Gasteiger charge is -2.16. The quantitative estimate of drug-likeness (QED) is 0.241. The van der Waals surface area contributed by atoms with Crippen molar-refractivity contribution in [2.45, 2.75) is 25.4 Å². The molecule has 0 aliphatic carbocycles. The first kappa shape index (κ1) is 24.8. The molecule has 1 heterocycles. The Morgan fingerprint density at radius 2 is 1.75 bits per heavy atom.